The molecular formula is C17H34BrNO2. The van der Waals surface area contributed by atoms with Gasteiger partial charge < -0.3 is 10.0 Å². The maximum Gasteiger partial charge on any atom is 0.309 e. The second-order valence-electron chi connectivity index (χ2n) is 7.87. The highest BCUT2D eigenvalue weighted by atomic mass is 79.9. The number of hydrogen-bond donors (Lipinski definition) is 1. The lowest BCUT2D eigenvalue weighted by Crippen LogP contribution is -2.45. The van der Waals surface area contributed by atoms with E-state index in [2.05, 4.69) is 25.7 Å². The third-order valence-corrected chi connectivity index (χ3v) is 4.98. The van der Waals surface area contributed by atoms with Crippen LogP contribution in [0.25, 0.3) is 0 Å². The molecule has 0 amide bonds. The molecule has 21 heavy (non-hydrogen) atoms. The molecule has 1 unspecified atom stereocenters. The molecule has 126 valence electrons. The van der Waals surface area contributed by atoms with E-state index in [0.717, 1.165) is 32.4 Å². The lowest BCUT2D eigenvalue weighted by atomic mass is 9.76. The highest BCUT2D eigenvalue weighted by Crippen LogP contribution is 2.35. The maximum absolute atomic E-state index is 11.5. The van der Waals surface area contributed by atoms with Gasteiger partial charge in [0.05, 0.1) is 5.41 Å². The predicted octanol–water partition coefficient (Wildman–Crippen LogP) is 4.75. The lowest BCUT2D eigenvalue weighted by Gasteiger charge is -2.41. The molecule has 0 saturated carbocycles. The molecule has 0 aromatic carbocycles. The number of aliphatic carboxylic acids is 1. The van der Waals surface area contributed by atoms with Gasteiger partial charge in [-0.3, -0.25) is 4.79 Å². The van der Waals surface area contributed by atoms with E-state index in [1.54, 1.807) is 0 Å². The molecule has 1 heterocycles. The van der Waals surface area contributed by atoms with Gasteiger partial charge in [0, 0.05) is 6.04 Å². The lowest BCUT2D eigenvalue weighted by molar-refractivity contribution is -0.148. The molecule has 0 aromatic rings. The zero-order valence-electron chi connectivity index (χ0n) is 14.4. The minimum absolute atomic E-state index is 0. The molecule has 1 aliphatic rings. The number of piperidine rings is 1. The van der Waals surface area contributed by atoms with E-state index in [9.17, 15) is 9.90 Å². The summed E-state index contributed by atoms with van der Waals surface area (Å²) in [5.41, 5.74) is -0.345. The SMILES string of the molecule is Br.CCC(C)(C)CC(CC(C)(C)C(=O)O)N1CCCCC1. The number of hydrogen-bond acceptors (Lipinski definition) is 2. The first-order chi connectivity index (χ1) is 9.18. The van der Waals surface area contributed by atoms with Crippen LogP contribution < -0.4 is 0 Å². The number of halogens is 1. The number of nitrogens with zero attached hydrogens (tertiary/aromatic N) is 1. The average Bonchev–Trinajstić information content (AvgIpc) is 2.38. The number of carboxylic acids is 1. The van der Waals surface area contributed by atoms with Crippen molar-refractivity contribution in [2.24, 2.45) is 10.8 Å². The largest absolute Gasteiger partial charge is 0.481 e. The van der Waals surface area contributed by atoms with Crippen LogP contribution in [0.5, 0.6) is 0 Å². The molecular weight excluding hydrogens is 330 g/mol. The van der Waals surface area contributed by atoms with E-state index in [-0.39, 0.29) is 22.4 Å². The van der Waals surface area contributed by atoms with Gasteiger partial charge in [0.2, 0.25) is 0 Å². The Bertz CT molecular complexity index is 323. The molecule has 1 atom stereocenters. The molecule has 0 bridgehead atoms. The Kier molecular flexibility index (Phi) is 8.48. The monoisotopic (exact) mass is 363 g/mol. The van der Waals surface area contributed by atoms with Crippen LogP contribution in [-0.4, -0.2) is 35.1 Å². The fourth-order valence-corrected chi connectivity index (χ4v) is 3.07. The van der Waals surface area contributed by atoms with Gasteiger partial charge in [0.25, 0.3) is 0 Å². The van der Waals surface area contributed by atoms with Crippen LogP contribution in [0.2, 0.25) is 0 Å². The summed E-state index contributed by atoms with van der Waals surface area (Å²) in [5, 5.41) is 9.43. The summed E-state index contributed by atoms with van der Waals surface area (Å²) in [7, 11) is 0. The maximum atomic E-state index is 11.5. The van der Waals surface area contributed by atoms with Crippen molar-refractivity contribution in [3.63, 3.8) is 0 Å². The first kappa shape index (κ1) is 20.9. The van der Waals surface area contributed by atoms with Crippen LogP contribution in [-0.2, 0) is 4.79 Å². The van der Waals surface area contributed by atoms with Crippen molar-refractivity contribution < 1.29 is 9.90 Å². The average molecular weight is 364 g/mol. The van der Waals surface area contributed by atoms with Gasteiger partial charge in [-0.25, -0.2) is 0 Å². The summed E-state index contributed by atoms with van der Waals surface area (Å²) in [5.74, 6) is -0.672. The van der Waals surface area contributed by atoms with Crippen LogP contribution >= 0.6 is 17.0 Å². The van der Waals surface area contributed by atoms with Gasteiger partial charge in [-0.1, -0.05) is 33.6 Å². The number of carbonyl (C=O) groups is 1. The fraction of sp³-hybridized carbons (Fsp3) is 0.941. The fourth-order valence-electron chi connectivity index (χ4n) is 3.07. The number of carboxylic acid groups (broad SMARTS) is 1. The van der Waals surface area contributed by atoms with Gasteiger partial charge >= 0.3 is 5.97 Å². The quantitative estimate of drug-likeness (QED) is 0.709. The Labute approximate surface area is 141 Å². The van der Waals surface area contributed by atoms with Crippen molar-refractivity contribution in [1.29, 1.82) is 0 Å². The molecule has 0 radical (unpaired) electrons. The summed E-state index contributed by atoms with van der Waals surface area (Å²) in [6.45, 7) is 12.8. The van der Waals surface area contributed by atoms with Crippen molar-refractivity contribution in [3.8, 4) is 0 Å². The van der Waals surface area contributed by atoms with E-state index < -0.39 is 11.4 Å². The topological polar surface area (TPSA) is 40.5 Å². The first-order valence-electron chi connectivity index (χ1n) is 8.15. The van der Waals surface area contributed by atoms with Crippen LogP contribution in [0.15, 0.2) is 0 Å². The van der Waals surface area contributed by atoms with Crippen LogP contribution in [0, 0.1) is 10.8 Å². The molecule has 0 aromatic heterocycles. The molecule has 1 rings (SSSR count). The standard InChI is InChI=1S/C17H33NO2.BrH/c1-6-16(2,3)12-14(13-17(4,5)15(19)20)18-10-8-7-9-11-18;/h14H,6-13H2,1-5H3,(H,19,20);1H. The molecule has 1 fully saturated rings. The van der Waals surface area contributed by atoms with Gasteiger partial charge in [-0.05, 0) is 58.0 Å². The summed E-state index contributed by atoms with van der Waals surface area (Å²) in [6, 6.07) is 0.399. The van der Waals surface area contributed by atoms with E-state index in [0.29, 0.717) is 6.04 Å². The molecule has 1 N–H and O–H groups in total. The third-order valence-electron chi connectivity index (χ3n) is 4.98. The Morgan fingerprint density at radius 1 is 1.10 bits per heavy atom. The van der Waals surface area contributed by atoms with E-state index >= 15 is 0 Å². The van der Waals surface area contributed by atoms with Crippen molar-refractivity contribution in [2.75, 3.05) is 13.1 Å². The smallest absolute Gasteiger partial charge is 0.309 e. The highest BCUT2D eigenvalue weighted by molar-refractivity contribution is 8.93. The minimum Gasteiger partial charge on any atom is -0.481 e. The molecule has 1 aliphatic heterocycles. The van der Waals surface area contributed by atoms with Crippen molar-refractivity contribution in [2.45, 2.75) is 79.2 Å². The van der Waals surface area contributed by atoms with Crippen molar-refractivity contribution >= 4 is 23.0 Å². The van der Waals surface area contributed by atoms with Gasteiger partial charge in [0.1, 0.15) is 0 Å². The third kappa shape index (κ3) is 6.68. The highest BCUT2D eigenvalue weighted by Gasteiger charge is 2.35. The van der Waals surface area contributed by atoms with Crippen molar-refractivity contribution in [3.05, 3.63) is 0 Å². The Morgan fingerprint density at radius 2 is 1.62 bits per heavy atom. The molecule has 3 nitrogen and oxygen atoms in total. The summed E-state index contributed by atoms with van der Waals surface area (Å²) in [6.07, 6.45) is 6.84. The number of likely N-dealkylation sites (tertiary alicyclic amines) is 1. The second kappa shape index (κ2) is 8.52. The summed E-state index contributed by atoms with van der Waals surface area (Å²) in [4.78, 5) is 14.0. The zero-order valence-corrected chi connectivity index (χ0v) is 16.2. The number of rotatable bonds is 7. The molecule has 4 heteroatoms. The van der Waals surface area contributed by atoms with E-state index in [1.807, 2.05) is 13.8 Å². The Hall–Kier alpha value is -0.0900. The van der Waals surface area contributed by atoms with E-state index in [4.69, 9.17) is 0 Å². The Balaban J connectivity index is 0.00000400. The molecule has 0 aliphatic carbocycles. The van der Waals surface area contributed by atoms with Crippen molar-refractivity contribution in [1.82, 2.24) is 4.90 Å². The molecule has 0 spiro atoms. The summed E-state index contributed by atoms with van der Waals surface area (Å²) >= 11 is 0. The van der Waals surface area contributed by atoms with Gasteiger partial charge in [-0.2, -0.15) is 0 Å². The van der Waals surface area contributed by atoms with Gasteiger partial charge in [-0.15, -0.1) is 17.0 Å². The second-order valence-corrected chi connectivity index (χ2v) is 7.87. The van der Waals surface area contributed by atoms with Crippen LogP contribution in [0.3, 0.4) is 0 Å². The predicted molar refractivity (Wildman–Crippen MR) is 94.3 cm³/mol. The zero-order chi connectivity index (χ0) is 15.4. The minimum atomic E-state index is -0.672. The molecule has 1 saturated heterocycles. The van der Waals surface area contributed by atoms with Crippen LogP contribution in [0.1, 0.15) is 73.1 Å². The van der Waals surface area contributed by atoms with Crippen LogP contribution in [0.4, 0.5) is 0 Å². The normalized spacial score (nSPS) is 18.9. The van der Waals surface area contributed by atoms with Gasteiger partial charge in [0.15, 0.2) is 0 Å². The first-order valence-corrected chi connectivity index (χ1v) is 8.15. The summed E-state index contributed by atoms with van der Waals surface area (Å²) < 4.78 is 0. The van der Waals surface area contributed by atoms with E-state index in [1.165, 1.54) is 19.3 Å². The Morgan fingerprint density at radius 3 is 2.05 bits per heavy atom.